The molecule has 0 spiro atoms. The molecule has 0 aromatic heterocycles. The number of carbonyl (C=O) groups excluding carboxylic acids is 2. The summed E-state index contributed by atoms with van der Waals surface area (Å²) in [5.41, 5.74) is 1.31. The number of piperazine rings is 1. The largest absolute Gasteiger partial charge is 0.483 e. The van der Waals surface area contributed by atoms with Crippen LogP contribution in [0.15, 0.2) is 42.5 Å². The first-order chi connectivity index (χ1) is 16.3. The highest BCUT2D eigenvalue weighted by atomic mass is 32.1. The zero-order valence-corrected chi connectivity index (χ0v) is 19.8. The molecule has 10 nitrogen and oxygen atoms in total. The Balaban J connectivity index is 1.55. The molecule has 0 unspecified atom stereocenters. The average molecular weight is 487 g/mol. The molecule has 2 aromatic carbocycles. The summed E-state index contributed by atoms with van der Waals surface area (Å²) in [6.07, 6.45) is 0. The number of nitrogens with zero attached hydrogens (tertiary/aromatic N) is 3. The van der Waals surface area contributed by atoms with E-state index in [1.165, 1.54) is 12.1 Å². The van der Waals surface area contributed by atoms with Crippen molar-refractivity contribution in [1.82, 2.24) is 10.2 Å². The Morgan fingerprint density at radius 1 is 1.15 bits per heavy atom. The van der Waals surface area contributed by atoms with Crippen LogP contribution in [0.4, 0.5) is 11.4 Å². The van der Waals surface area contributed by atoms with Crippen LogP contribution in [0.25, 0.3) is 0 Å². The van der Waals surface area contributed by atoms with Gasteiger partial charge in [0.25, 0.3) is 11.6 Å². The van der Waals surface area contributed by atoms with Crippen LogP contribution in [0.2, 0.25) is 0 Å². The zero-order chi connectivity index (χ0) is 24.7. The molecule has 0 radical (unpaired) electrons. The van der Waals surface area contributed by atoms with Crippen molar-refractivity contribution in [2.45, 2.75) is 13.8 Å². The summed E-state index contributed by atoms with van der Waals surface area (Å²) in [6, 6.07) is 11.7. The fourth-order valence-corrected chi connectivity index (χ4v) is 3.82. The first-order valence-electron chi connectivity index (χ1n) is 10.8. The smallest absolute Gasteiger partial charge is 0.338 e. The van der Waals surface area contributed by atoms with E-state index >= 15 is 0 Å². The van der Waals surface area contributed by atoms with E-state index in [2.05, 4.69) is 5.32 Å². The summed E-state index contributed by atoms with van der Waals surface area (Å²) in [4.78, 5) is 39.0. The van der Waals surface area contributed by atoms with Gasteiger partial charge in [0.05, 0.1) is 17.1 Å². The molecule has 11 heteroatoms. The van der Waals surface area contributed by atoms with Crippen LogP contribution in [0, 0.1) is 17.0 Å². The predicted octanol–water partition coefficient (Wildman–Crippen LogP) is 2.68. The predicted molar refractivity (Wildman–Crippen MR) is 130 cm³/mol. The number of nitrogens with one attached hydrogen (secondary N) is 1. The van der Waals surface area contributed by atoms with Crippen LogP contribution < -0.4 is 15.0 Å². The SMILES string of the molecule is CCOC(=O)c1ccc(N2CCN(C(=S)NC(=O)COc3ccccc3C)CC2)c([N+](=O)[O-])c1. The molecule has 1 amide bonds. The Hall–Kier alpha value is -3.73. The van der Waals surface area contributed by atoms with Crippen molar-refractivity contribution < 1.29 is 24.0 Å². The number of aryl methyl sites for hydroxylation is 1. The number of para-hydroxylation sites is 1. The molecule has 1 fully saturated rings. The van der Waals surface area contributed by atoms with Crippen molar-refractivity contribution in [2.75, 3.05) is 44.3 Å². The maximum Gasteiger partial charge on any atom is 0.338 e. The molecule has 1 N–H and O–H groups in total. The Morgan fingerprint density at radius 2 is 1.85 bits per heavy atom. The minimum Gasteiger partial charge on any atom is -0.483 e. The highest BCUT2D eigenvalue weighted by molar-refractivity contribution is 7.80. The molecule has 0 atom stereocenters. The quantitative estimate of drug-likeness (QED) is 0.273. The third-order valence-electron chi connectivity index (χ3n) is 5.29. The summed E-state index contributed by atoms with van der Waals surface area (Å²) >= 11 is 5.36. The van der Waals surface area contributed by atoms with E-state index in [1.54, 1.807) is 19.1 Å². The van der Waals surface area contributed by atoms with Gasteiger partial charge in [0, 0.05) is 32.2 Å². The van der Waals surface area contributed by atoms with E-state index in [0.29, 0.717) is 37.6 Å². The number of hydrogen-bond donors (Lipinski definition) is 1. The second kappa shape index (κ2) is 11.4. The fraction of sp³-hybridized carbons (Fsp3) is 0.348. The zero-order valence-electron chi connectivity index (χ0n) is 19.0. The Kier molecular flexibility index (Phi) is 8.36. The number of esters is 1. The van der Waals surface area contributed by atoms with Crippen molar-refractivity contribution in [3.63, 3.8) is 0 Å². The van der Waals surface area contributed by atoms with Crippen LogP contribution in [-0.2, 0) is 9.53 Å². The van der Waals surface area contributed by atoms with Crippen LogP contribution in [-0.4, -0.2) is 66.2 Å². The van der Waals surface area contributed by atoms with Gasteiger partial charge in [-0.25, -0.2) is 4.79 Å². The van der Waals surface area contributed by atoms with Crippen molar-refractivity contribution in [3.05, 3.63) is 63.7 Å². The highest BCUT2D eigenvalue weighted by Crippen LogP contribution is 2.30. The van der Waals surface area contributed by atoms with E-state index in [9.17, 15) is 19.7 Å². The molecule has 0 saturated carbocycles. The minimum absolute atomic E-state index is 0.132. The molecule has 1 saturated heterocycles. The van der Waals surface area contributed by atoms with Crippen LogP contribution in [0.1, 0.15) is 22.8 Å². The Bertz CT molecular complexity index is 1080. The third kappa shape index (κ3) is 6.19. The lowest BCUT2D eigenvalue weighted by Crippen LogP contribution is -2.53. The normalized spacial score (nSPS) is 13.2. The van der Waals surface area contributed by atoms with Crippen LogP contribution in [0.5, 0.6) is 5.75 Å². The number of hydrogen-bond acceptors (Lipinski definition) is 8. The van der Waals surface area contributed by atoms with Gasteiger partial charge in [0.15, 0.2) is 11.7 Å². The third-order valence-corrected chi connectivity index (χ3v) is 5.65. The number of nitro groups is 1. The maximum absolute atomic E-state index is 12.2. The lowest BCUT2D eigenvalue weighted by molar-refractivity contribution is -0.384. The second-order valence-corrected chi connectivity index (χ2v) is 7.95. The van der Waals surface area contributed by atoms with Crippen molar-refractivity contribution >= 4 is 40.6 Å². The molecule has 34 heavy (non-hydrogen) atoms. The summed E-state index contributed by atoms with van der Waals surface area (Å²) in [7, 11) is 0. The van der Waals surface area contributed by atoms with Gasteiger partial charge >= 0.3 is 5.97 Å². The lowest BCUT2D eigenvalue weighted by Gasteiger charge is -2.37. The standard InChI is InChI=1S/C23H26N4O6S/c1-3-32-22(29)17-8-9-18(19(14-17)27(30)31)25-10-12-26(13-11-25)23(34)24-21(28)15-33-20-7-5-4-6-16(20)2/h4-9,14H,3,10-13,15H2,1-2H3,(H,24,28,34). The molecule has 180 valence electrons. The second-order valence-electron chi connectivity index (χ2n) is 7.56. The monoisotopic (exact) mass is 486 g/mol. The summed E-state index contributed by atoms with van der Waals surface area (Å²) in [5, 5.41) is 14.6. The van der Waals surface area contributed by atoms with Crippen LogP contribution in [0.3, 0.4) is 0 Å². The van der Waals surface area contributed by atoms with Gasteiger partial charge in [0.1, 0.15) is 11.4 Å². The summed E-state index contributed by atoms with van der Waals surface area (Å²) < 4.78 is 10.5. The molecule has 1 aliphatic heterocycles. The number of carbonyl (C=O) groups is 2. The molecule has 3 rings (SSSR count). The topological polar surface area (TPSA) is 114 Å². The van der Waals surface area contributed by atoms with Gasteiger partial charge in [-0.05, 0) is 49.8 Å². The molecule has 1 heterocycles. The highest BCUT2D eigenvalue weighted by Gasteiger charge is 2.26. The van der Waals surface area contributed by atoms with Crippen molar-refractivity contribution in [1.29, 1.82) is 0 Å². The molecule has 0 bridgehead atoms. The van der Waals surface area contributed by atoms with E-state index in [1.807, 2.05) is 34.9 Å². The molecule has 1 aliphatic rings. The number of benzene rings is 2. The minimum atomic E-state index is -0.602. The van der Waals surface area contributed by atoms with E-state index < -0.39 is 10.9 Å². The van der Waals surface area contributed by atoms with Gasteiger partial charge in [-0.3, -0.25) is 14.9 Å². The summed E-state index contributed by atoms with van der Waals surface area (Å²) in [5.74, 6) is -0.330. The summed E-state index contributed by atoms with van der Waals surface area (Å²) in [6.45, 7) is 5.43. The number of anilines is 1. The number of amides is 1. The Morgan fingerprint density at radius 3 is 2.50 bits per heavy atom. The number of rotatable bonds is 7. The van der Waals surface area contributed by atoms with Crippen molar-refractivity contribution in [3.8, 4) is 5.75 Å². The van der Waals surface area contributed by atoms with E-state index in [0.717, 1.165) is 5.56 Å². The number of ether oxygens (including phenoxy) is 2. The molecule has 2 aromatic rings. The van der Waals surface area contributed by atoms with Gasteiger partial charge in [-0.2, -0.15) is 0 Å². The van der Waals surface area contributed by atoms with Gasteiger partial charge in [-0.15, -0.1) is 0 Å². The number of nitro benzene ring substituents is 1. The van der Waals surface area contributed by atoms with Gasteiger partial charge in [0.2, 0.25) is 0 Å². The van der Waals surface area contributed by atoms with Gasteiger partial charge < -0.3 is 24.6 Å². The van der Waals surface area contributed by atoms with E-state index in [4.69, 9.17) is 21.7 Å². The lowest BCUT2D eigenvalue weighted by atomic mass is 10.1. The van der Waals surface area contributed by atoms with Crippen molar-refractivity contribution in [2.24, 2.45) is 0 Å². The number of thiocarbonyl (C=S) groups is 1. The maximum atomic E-state index is 12.2. The first-order valence-corrected chi connectivity index (χ1v) is 11.2. The average Bonchev–Trinajstić information content (AvgIpc) is 2.83. The fourth-order valence-electron chi connectivity index (χ4n) is 3.52. The van der Waals surface area contributed by atoms with Gasteiger partial charge in [-0.1, -0.05) is 18.2 Å². The first kappa shape index (κ1) is 24.9. The molecular formula is C23H26N4O6S. The van der Waals surface area contributed by atoms with Crippen LogP contribution >= 0.6 is 12.2 Å². The Labute approximate surface area is 202 Å². The van der Waals surface area contributed by atoms with E-state index in [-0.39, 0.29) is 35.5 Å². The molecular weight excluding hydrogens is 460 g/mol. The molecule has 0 aliphatic carbocycles.